The van der Waals surface area contributed by atoms with Gasteiger partial charge in [-0.2, -0.15) is 9.29 Å². The molecule has 2 heterocycles. The van der Waals surface area contributed by atoms with E-state index in [1.807, 2.05) is 31.2 Å². The highest BCUT2D eigenvalue weighted by Crippen LogP contribution is 2.27. The van der Waals surface area contributed by atoms with E-state index in [-0.39, 0.29) is 23.8 Å². The normalized spacial score (nSPS) is 14.3. The van der Waals surface area contributed by atoms with Crippen LogP contribution >= 0.6 is 0 Å². The summed E-state index contributed by atoms with van der Waals surface area (Å²) in [6.07, 6.45) is 2.23. The highest BCUT2D eigenvalue weighted by atomic mass is 32.2. The van der Waals surface area contributed by atoms with Crippen LogP contribution in [0.4, 0.5) is 0 Å². The van der Waals surface area contributed by atoms with Gasteiger partial charge in [0, 0.05) is 25.1 Å². The highest BCUT2D eigenvalue weighted by molar-refractivity contribution is 7.89. The van der Waals surface area contributed by atoms with E-state index in [9.17, 15) is 13.2 Å². The fourth-order valence-corrected chi connectivity index (χ4v) is 5.53. The maximum absolute atomic E-state index is 12.9. The van der Waals surface area contributed by atoms with E-state index >= 15 is 0 Å². The lowest BCUT2D eigenvalue weighted by Gasteiger charge is -2.17. The molecule has 1 aliphatic rings. The van der Waals surface area contributed by atoms with Gasteiger partial charge in [0.05, 0.1) is 18.6 Å². The van der Waals surface area contributed by atoms with Gasteiger partial charge in [0.25, 0.3) is 0 Å². The van der Waals surface area contributed by atoms with Crippen LogP contribution in [-0.4, -0.2) is 49.0 Å². The number of carbonyl (C=O) groups excluding carboxylic acids is 1. The molecule has 10 heteroatoms. The second-order valence-corrected chi connectivity index (χ2v) is 10.1. The Hall–Kier alpha value is -3.24. The summed E-state index contributed by atoms with van der Waals surface area (Å²) in [5.41, 5.74) is 2.57. The lowest BCUT2D eigenvalue weighted by atomic mass is 10.1. The second kappa shape index (κ2) is 10.4. The highest BCUT2D eigenvalue weighted by Gasteiger charge is 2.27. The Morgan fingerprint density at radius 3 is 2.68 bits per heavy atom. The Labute approximate surface area is 199 Å². The van der Waals surface area contributed by atoms with Gasteiger partial charge in [-0.05, 0) is 55.5 Å². The van der Waals surface area contributed by atoms with E-state index in [0.717, 1.165) is 24.0 Å². The number of aryl methyl sites for hydroxylation is 2. The van der Waals surface area contributed by atoms with Crippen LogP contribution in [-0.2, 0) is 27.8 Å². The number of ether oxygens (including phenoxy) is 1. The number of rotatable bonds is 9. The largest absolute Gasteiger partial charge is 0.496 e. The summed E-state index contributed by atoms with van der Waals surface area (Å²) in [4.78, 5) is 17.0. The summed E-state index contributed by atoms with van der Waals surface area (Å²) in [7, 11) is -2.02. The number of hydrogen-bond acceptors (Lipinski definition) is 7. The maximum atomic E-state index is 12.9. The first-order chi connectivity index (χ1) is 16.4. The van der Waals surface area contributed by atoms with E-state index in [1.54, 1.807) is 18.2 Å². The SMILES string of the molecule is COc1ccc(S(=O)(=O)N2CCCC2)cc1CCC(=O)NCc1nc(-c2ccccc2C)no1. The van der Waals surface area contributed by atoms with Crippen molar-refractivity contribution in [3.63, 3.8) is 0 Å². The molecule has 1 fully saturated rings. The molecule has 0 spiro atoms. The van der Waals surface area contributed by atoms with Gasteiger partial charge < -0.3 is 14.6 Å². The third-order valence-electron chi connectivity index (χ3n) is 5.87. The van der Waals surface area contributed by atoms with Gasteiger partial charge in [-0.1, -0.05) is 29.4 Å². The van der Waals surface area contributed by atoms with Gasteiger partial charge in [-0.3, -0.25) is 4.79 Å². The Balaban J connectivity index is 1.37. The molecular formula is C24H28N4O5S. The molecule has 34 heavy (non-hydrogen) atoms. The molecule has 0 unspecified atom stereocenters. The monoisotopic (exact) mass is 484 g/mol. The molecule has 2 aromatic carbocycles. The molecule has 180 valence electrons. The number of sulfonamides is 1. The minimum atomic E-state index is -3.55. The molecule has 0 bridgehead atoms. The van der Waals surface area contributed by atoms with E-state index in [1.165, 1.54) is 11.4 Å². The van der Waals surface area contributed by atoms with E-state index in [0.29, 0.717) is 42.5 Å². The summed E-state index contributed by atoms with van der Waals surface area (Å²) in [6.45, 7) is 3.14. The van der Waals surface area contributed by atoms with Crippen molar-refractivity contribution >= 4 is 15.9 Å². The average Bonchev–Trinajstić information content (AvgIpc) is 3.54. The number of benzene rings is 2. The van der Waals surface area contributed by atoms with Crippen LogP contribution in [0.25, 0.3) is 11.4 Å². The molecule has 1 aromatic heterocycles. The molecule has 0 atom stereocenters. The summed E-state index contributed by atoms with van der Waals surface area (Å²) in [5.74, 6) is 1.12. The Bertz CT molecular complexity index is 1270. The lowest BCUT2D eigenvalue weighted by Crippen LogP contribution is -2.28. The van der Waals surface area contributed by atoms with Crippen molar-refractivity contribution in [3.05, 3.63) is 59.5 Å². The van der Waals surface area contributed by atoms with Crippen molar-refractivity contribution in [2.75, 3.05) is 20.2 Å². The molecule has 4 rings (SSSR count). The third-order valence-corrected chi connectivity index (χ3v) is 7.76. The molecule has 1 aliphatic heterocycles. The zero-order valence-electron chi connectivity index (χ0n) is 19.3. The van der Waals surface area contributed by atoms with E-state index < -0.39 is 10.0 Å². The Morgan fingerprint density at radius 1 is 1.18 bits per heavy atom. The molecular weight excluding hydrogens is 456 g/mol. The number of carbonyl (C=O) groups is 1. The zero-order chi connectivity index (χ0) is 24.1. The Kier molecular flexibility index (Phi) is 7.28. The zero-order valence-corrected chi connectivity index (χ0v) is 20.1. The van der Waals surface area contributed by atoms with Gasteiger partial charge >= 0.3 is 0 Å². The fourth-order valence-electron chi connectivity index (χ4n) is 3.96. The van der Waals surface area contributed by atoms with Crippen molar-refractivity contribution in [3.8, 4) is 17.1 Å². The fraction of sp³-hybridized carbons (Fsp3) is 0.375. The average molecular weight is 485 g/mol. The van der Waals surface area contributed by atoms with Crippen LogP contribution < -0.4 is 10.1 Å². The predicted molar refractivity (Wildman–Crippen MR) is 126 cm³/mol. The van der Waals surface area contributed by atoms with Crippen LogP contribution in [0.5, 0.6) is 5.75 Å². The first-order valence-electron chi connectivity index (χ1n) is 11.2. The third kappa shape index (κ3) is 5.28. The van der Waals surface area contributed by atoms with Gasteiger partial charge in [0.2, 0.25) is 27.6 Å². The van der Waals surface area contributed by atoms with Crippen molar-refractivity contribution in [2.24, 2.45) is 0 Å². The summed E-state index contributed by atoms with van der Waals surface area (Å²) >= 11 is 0. The van der Waals surface area contributed by atoms with Gasteiger partial charge in [-0.25, -0.2) is 8.42 Å². The van der Waals surface area contributed by atoms with Crippen LogP contribution in [0.3, 0.4) is 0 Å². The van der Waals surface area contributed by atoms with E-state index in [2.05, 4.69) is 15.5 Å². The topological polar surface area (TPSA) is 115 Å². The molecule has 0 radical (unpaired) electrons. The smallest absolute Gasteiger partial charge is 0.246 e. The number of nitrogens with one attached hydrogen (secondary N) is 1. The maximum Gasteiger partial charge on any atom is 0.246 e. The molecule has 9 nitrogen and oxygen atoms in total. The van der Waals surface area contributed by atoms with Gasteiger partial charge in [0.1, 0.15) is 5.75 Å². The number of methoxy groups -OCH3 is 1. The van der Waals surface area contributed by atoms with Crippen LogP contribution in [0.15, 0.2) is 51.9 Å². The quantitative estimate of drug-likeness (QED) is 0.496. The first-order valence-corrected chi connectivity index (χ1v) is 12.6. The van der Waals surface area contributed by atoms with Crippen molar-refractivity contribution in [1.82, 2.24) is 19.8 Å². The minimum absolute atomic E-state index is 0.109. The molecule has 3 aromatic rings. The summed E-state index contributed by atoms with van der Waals surface area (Å²) in [5, 5.41) is 6.77. The molecule has 1 saturated heterocycles. The minimum Gasteiger partial charge on any atom is -0.496 e. The Morgan fingerprint density at radius 2 is 1.94 bits per heavy atom. The van der Waals surface area contributed by atoms with Crippen LogP contribution in [0.2, 0.25) is 0 Å². The standard InChI is InChI=1S/C24H28N4O5S/c1-17-7-3-4-8-20(17)24-26-23(33-27-24)16-25-22(29)12-9-18-15-19(10-11-21(18)32-2)34(30,31)28-13-5-6-14-28/h3-4,7-8,10-11,15H,5-6,9,12-14,16H2,1-2H3,(H,25,29). The molecule has 1 N–H and O–H groups in total. The number of nitrogens with zero attached hydrogens (tertiary/aromatic N) is 3. The number of aromatic nitrogens is 2. The number of hydrogen-bond donors (Lipinski definition) is 1. The van der Waals surface area contributed by atoms with E-state index in [4.69, 9.17) is 9.26 Å². The van der Waals surface area contributed by atoms with Crippen molar-refractivity contribution in [2.45, 2.75) is 44.0 Å². The number of amides is 1. The predicted octanol–water partition coefficient (Wildman–Crippen LogP) is 3.09. The summed E-state index contributed by atoms with van der Waals surface area (Å²) < 4.78 is 37.9. The van der Waals surface area contributed by atoms with Gasteiger partial charge in [0.15, 0.2) is 0 Å². The van der Waals surface area contributed by atoms with Gasteiger partial charge in [-0.15, -0.1) is 0 Å². The molecule has 1 amide bonds. The van der Waals surface area contributed by atoms with Crippen LogP contribution in [0.1, 0.15) is 36.3 Å². The summed E-state index contributed by atoms with van der Waals surface area (Å²) in [6, 6.07) is 12.5. The molecule has 0 saturated carbocycles. The van der Waals surface area contributed by atoms with Crippen molar-refractivity contribution < 1.29 is 22.5 Å². The first kappa shape index (κ1) is 23.9. The lowest BCUT2D eigenvalue weighted by molar-refractivity contribution is -0.121. The molecule has 0 aliphatic carbocycles. The second-order valence-electron chi connectivity index (χ2n) is 8.19. The van der Waals surface area contributed by atoms with Crippen LogP contribution in [0, 0.1) is 6.92 Å². The van der Waals surface area contributed by atoms with Crippen molar-refractivity contribution in [1.29, 1.82) is 0 Å².